The molecule has 0 saturated carbocycles. The van der Waals surface area contributed by atoms with E-state index < -0.39 is 5.92 Å². The van der Waals surface area contributed by atoms with E-state index in [0.717, 1.165) is 15.0 Å². The van der Waals surface area contributed by atoms with Crippen LogP contribution in [0.4, 0.5) is 5.82 Å². The maximum atomic E-state index is 13.6. The van der Waals surface area contributed by atoms with E-state index in [-0.39, 0.29) is 16.6 Å². The standard InChI is InChI=1S/C25H27BrN4OS/c1-24(2,3)19-8-7-18(32-19)21-15(12-27)23(28)30(20-9-6-14(26)13-29-20)16-10-25(4,5)11-17(31)22(16)21/h6-9,13,21H,10-11,28H2,1-5H3. The highest BCUT2D eigenvalue weighted by Crippen LogP contribution is 2.51. The number of hydrogen-bond donors (Lipinski definition) is 1. The van der Waals surface area contributed by atoms with Gasteiger partial charge in [-0.1, -0.05) is 34.6 Å². The predicted molar refractivity (Wildman–Crippen MR) is 132 cm³/mol. The number of nitrogens with zero attached hydrogens (tertiary/aromatic N) is 3. The molecule has 1 atom stereocenters. The summed E-state index contributed by atoms with van der Waals surface area (Å²) in [4.78, 5) is 22.1. The number of pyridine rings is 1. The van der Waals surface area contributed by atoms with Gasteiger partial charge in [-0.15, -0.1) is 11.3 Å². The van der Waals surface area contributed by atoms with Crippen molar-refractivity contribution in [2.75, 3.05) is 4.90 Å². The van der Waals surface area contributed by atoms with Crippen LogP contribution < -0.4 is 10.6 Å². The first-order valence-corrected chi connectivity index (χ1v) is 12.2. The quantitative estimate of drug-likeness (QED) is 0.524. The van der Waals surface area contributed by atoms with Gasteiger partial charge in [-0.2, -0.15) is 5.26 Å². The molecule has 166 valence electrons. The second-order valence-electron chi connectivity index (χ2n) is 10.3. The summed E-state index contributed by atoms with van der Waals surface area (Å²) in [7, 11) is 0. The molecule has 1 aliphatic carbocycles. The van der Waals surface area contributed by atoms with E-state index >= 15 is 0 Å². The zero-order valence-electron chi connectivity index (χ0n) is 19.0. The van der Waals surface area contributed by atoms with E-state index in [4.69, 9.17) is 5.73 Å². The molecule has 0 radical (unpaired) electrons. The summed E-state index contributed by atoms with van der Waals surface area (Å²) in [5.41, 5.74) is 8.38. The predicted octanol–water partition coefficient (Wildman–Crippen LogP) is 6.14. The number of nitriles is 1. The number of anilines is 1. The van der Waals surface area contributed by atoms with Crippen molar-refractivity contribution in [1.82, 2.24) is 4.98 Å². The van der Waals surface area contributed by atoms with Gasteiger partial charge in [-0.3, -0.25) is 9.69 Å². The molecule has 0 aromatic carbocycles. The second-order valence-corrected chi connectivity index (χ2v) is 12.3. The van der Waals surface area contributed by atoms with Crippen LogP contribution in [-0.2, 0) is 10.2 Å². The SMILES string of the molecule is CC1(C)CC(=O)C2=C(C1)N(c1ccc(Br)cn1)C(N)=C(C#N)C2c1ccc(C(C)(C)C)s1. The summed E-state index contributed by atoms with van der Waals surface area (Å²) in [6.45, 7) is 10.7. The third-order valence-corrected chi connectivity index (χ3v) is 8.02. The number of aromatic nitrogens is 1. The molecule has 0 spiro atoms. The fourth-order valence-corrected chi connectivity index (χ4v) is 5.89. The van der Waals surface area contributed by atoms with Crippen LogP contribution in [0.25, 0.3) is 0 Å². The van der Waals surface area contributed by atoms with Crippen molar-refractivity contribution in [1.29, 1.82) is 5.26 Å². The molecule has 2 aromatic heterocycles. The maximum Gasteiger partial charge on any atom is 0.162 e. The third-order valence-electron chi connectivity index (χ3n) is 5.97. The van der Waals surface area contributed by atoms with Gasteiger partial charge in [0.2, 0.25) is 0 Å². The molecule has 0 fully saturated rings. The summed E-state index contributed by atoms with van der Waals surface area (Å²) in [5, 5.41) is 10.2. The fourth-order valence-electron chi connectivity index (χ4n) is 4.47. The minimum absolute atomic E-state index is 0.0111. The molecule has 7 heteroatoms. The molecule has 4 rings (SSSR count). The number of carbonyl (C=O) groups is 1. The maximum absolute atomic E-state index is 13.6. The van der Waals surface area contributed by atoms with Crippen LogP contribution in [0.5, 0.6) is 0 Å². The van der Waals surface area contributed by atoms with E-state index in [2.05, 4.69) is 67.7 Å². The van der Waals surface area contributed by atoms with Crippen LogP contribution in [0.1, 0.15) is 63.1 Å². The van der Waals surface area contributed by atoms with Crippen molar-refractivity contribution in [3.05, 3.63) is 67.4 Å². The molecule has 2 aromatic rings. The van der Waals surface area contributed by atoms with Crippen LogP contribution in [0.2, 0.25) is 0 Å². The van der Waals surface area contributed by atoms with Crippen LogP contribution in [0.15, 0.2) is 57.6 Å². The first-order valence-electron chi connectivity index (χ1n) is 10.6. The number of rotatable bonds is 2. The smallest absolute Gasteiger partial charge is 0.162 e. The summed E-state index contributed by atoms with van der Waals surface area (Å²) in [6.07, 6.45) is 2.82. The lowest BCUT2D eigenvalue weighted by Crippen LogP contribution is -2.42. The van der Waals surface area contributed by atoms with Gasteiger partial charge in [0.15, 0.2) is 5.78 Å². The van der Waals surface area contributed by atoms with Crippen LogP contribution in [-0.4, -0.2) is 10.8 Å². The Morgan fingerprint density at radius 1 is 1.25 bits per heavy atom. The lowest BCUT2D eigenvalue weighted by Gasteiger charge is -2.43. The minimum atomic E-state index is -0.439. The molecular formula is C25H27BrN4OS. The number of carbonyl (C=O) groups excluding carboxylic acids is 1. The van der Waals surface area contributed by atoms with E-state index in [1.165, 1.54) is 4.88 Å². The Labute approximate surface area is 201 Å². The van der Waals surface area contributed by atoms with Crippen molar-refractivity contribution >= 4 is 38.9 Å². The first kappa shape index (κ1) is 22.8. The molecule has 1 aliphatic heterocycles. The Kier molecular flexibility index (Phi) is 5.59. The Balaban J connectivity index is 1.96. The Bertz CT molecular complexity index is 1190. The second kappa shape index (κ2) is 7.86. The van der Waals surface area contributed by atoms with Gasteiger partial charge < -0.3 is 5.73 Å². The zero-order chi connectivity index (χ0) is 23.4. The third kappa shape index (κ3) is 3.91. The summed E-state index contributed by atoms with van der Waals surface area (Å²) in [6, 6.07) is 10.2. The molecule has 0 bridgehead atoms. The topological polar surface area (TPSA) is 83.0 Å². The van der Waals surface area contributed by atoms with Crippen LogP contribution in [0, 0.1) is 16.7 Å². The number of nitrogens with two attached hydrogens (primary N) is 1. The van der Waals surface area contributed by atoms with Crippen molar-refractivity contribution < 1.29 is 4.79 Å². The number of thiophene rings is 1. The normalized spacial score (nSPS) is 21.0. The number of hydrogen-bond acceptors (Lipinski definition) is 6. The monoisotopic (exact) mass is 510 g/mol. The Hall–Kier alpha value is -2.43. The Morgan fingerprint density at radius 2 is 1.97 bits per heavy atom. The lowest BCUT2D eigenvalue weighted by molar-refractivity contribution is -0.118. The largest absolute Gasteiger partial charge is 0.384 e. The summed E-state index contributed by atoms with van der Waals surface area (Å²) in [5.74, 6) is 0.597. The van der Waals surface area contributed by atoms with Crippen molar-refractivity contribution in [3.63, 3.8) is 0 Å². The van der Waals surface area contributed by atoms with Gasteiger partial charge in [0.1, 0.15) is 11.6 Å². The summed E-state index contributed by atoms with van der Waals surface area (Å²) >= 11 is 5.08. The van der Waals surface area contributed by atoms with Gasteiger partial charge in [0.05, 0.1) is 17.6 Å². The molecule has 1 unspecified atom stereocenters. The van der Waals surface area contributed by atoms with E-state index in [1.54, 1.807) is 17.5 Å². The molecular weight excluding hydrogens is 484 g/mol. The van der Waals surface area contributed by atoms with Gasteiger partial charge in [-0.05, 0) is 57.4 Å². The summed E-state index contributed by atoms with van der Waals surface area (Å²) < 4.78 is 0.849. The van der Waals surface area contributed by atoms with Crippen LogP contribution in [0.3, 0.4) is 0 Å². The van der Waals surface area contributed by atoms with E-state index in [9.17, 15) is 10.1 Å². The number of halogens is 1. The average Bonchev–Trinajstić information content (AvgIpc) is 3.18. The number of allylic oxidation sites excluding steroid dienone is 3. The Morgan fingerprint density at radius 3 is 2.53 bits per heavy atom. The molecule has 5 nitrogen and oxygen atoms in total. The molecule has 32 heavy (non-hydrogen) atoms. The highest BCUT2D eigenvalue weighted by atomic mass is 79.9. The zero-order valence-corrected chi connectivity index (χ0v) is 21.4. The first-order chi connectivity index (χ1) is 14.9. The van der Waals surface area contributed by atoms with Gasteiger partial charge in [0.25, 0.3) is 0 Å². The molecule has 0 amide bonds. The van der Waals surface area contributed by atoms with Gasteiger partial charge in [0, 0.05) is 38.1 Å². The lowest BCUT2D eigenvalue weighted by atomic mass is 9.70. The van der Waals surface area contributed by atoms with Crippen molar-refractivity contribution in [3.8, 4) is 6.07 Å². The molecule has 3 heterocycles. The highest BCUT2D eigenvalue weighted by molar-refractivity contribution is 9.10. The number of ketones is 1. The molecule has 2 aliphatic rings. The highest BCUT2D eigenvalue weighted by Gasteiger charge is 2.45. The van der Waals surface area contributed by atoms with Crippen molar-refractivity contribution in [2.45, 2.75) is 58.8 Å². The minimum Gasteiger partial charge on any atom is -0.384 e. The average molecular weight is 511 g/mol. The fraction of sp³-hybridized carbons (Fsp3) is 0.400. The molecule has 2 N–H and O–H groups in total. The van der Waals surface area contributed by atoms with Crippen molar-refractivity contribution in [2.24, 2.45) is 11.1 Å². The van der Waals surface area contributed by atoms with Crippen LogP contribution >= 0.6 is 27.3 Å². The van der Waals surface area contributed by atoms with E-state index in [0.29, 0.717) is 35.6 Å². The van der Waals surface area contributed by atoms with E-state index in [1.807, 2.05) is 23.1 Å². The van der Waals surface area contributed by atoms with Gasteiger partial charge in [-0.25, -0.2) is 4.98 Å². The number of Topliss-reactive ketones (excluding diaryl/α,β-unsaturated/α-hetero) is 1. The van der Waals surface area contributed by atoms with Gasteiger partial charge >= 0.3 is 0 Å². The molecule has 0 saturated heterocycles.